The van der Waals surface area contributed by atoms with E-state index in [-0.39, 0.29) is 35.1 Å². The first-order chi connectivity index (χ1) is 4.70. The summed E-state index contributed by atoms with van der Waals surface area (Å²) in [7, 11) is 0. The topological polar surface area (TPSA) is 63.3 Å². The molecule has 0 aliphatic carbocycles. The summed E-state index contributed by atoms with van der Waals surface area (Å²) in [6.45, 7) is 0. The first-order valence-electron chi connectivity index (χ1n) is 2.79. The first-order valence-corrected chi connectivity index (χ1v) is 2.79. The van der Waals surface area contributed by atoms with Crippen LogP contribution in [0, 0.1) is 0 Å². The quantitative estimate of drug-likeness (QED) is 0.466. The summed E-state index contributed by atoms with van der Waals surface area (Å²) in [6.07, 6.45) is 0. The summed E-state index contributed by atoms with van der Waals surface area (Å²) < 4.78 is 0. The number of nitrogens with two attached hydrogens (primary N) is 1. The van der Waals surface area contributed by atoms with Crippen LogP contribution in [0.2, 0.25) is 0 Å². The molecule has 0 bridgehead atoms. The van der Waals surface area contributed by atoms with Crippen LogP contribution in [-0.4, -0.2) is 40.6 Å². The summed E-state index contributed by atoms with van der Waals surface area (Å²) in [5.41, 5.74) is 6.03. The molecule has 3 nitrogen and oxygen atoms in total. The van der Waals surface area contributed by atoms with Gasteiger partial charge in [0.2, 0.25) is 0 Å². The third kappa shape index (κ3) is 2.93. The van der Waals surface area contributed by atoms with Gasteiger partial charge in [-0.2, -0.15) is 0 Å². The summed E-state index contributed by atoms with van der Waals surface area (Å²) in [5, 5.41) is 8.45. The van der Waals surface area contributed by atoms with E-state index in [0.29, 0.717) is 5.69 Å². The molecule has 0 spiro atoms. The van der Waals surface area contributed by atoms with Crippen LogP contribution in [0.15, 0.2) is 24.3 Å². The van der Waals surface area contributed by atoms with E-state index in [1.807, 2.05) is 0 Å². The molecule has 0 atom stereocenters. The maximum atomic E-state index is 10.3. The molecule has 0 aliphatic rings. The Bertz CT molecular complexity index is 262. The van der Waals surface area contributed by atoms with Crippen molar-refractivity contribution in [3.8, 4) is 0 Å². The molecule has 3 N–H and O–H groups in total. The molecular weight excluding hydrogens is 153 g/mol. The Morgan fingerprint density at radius 3 is 2.45 bits per heavy atom. The summed E-state index contributed by atoms with van der Waals surface area (Å²) in [4.78, 5) is 10.3. The van der Waals surface area contributed by atoms with Crippen LogP contribution < -0.4 is 5.73 Å². The van der Waals surface area contributed by atoms with Crippen molar-refractivity contribution in [3.05, 3.63) is 29.8 Å². The minimum Gasteiger partial charge on any atom is -0.478 e. The van der Waals surface area contributed by atoms with E-state index in [1.54, 1.807) is 12.1 Å². The molecule has 0 aromatic heterocycles. The van der Waals surface area contributed by atoms with Crippen molar-refractivity contribution in [2.45, 2.75) is 0 Å². The summed E-state index contributed by atoms with van der Waals surface area (Å²) in [5.74, 6) is -0.952. The molecule has 0 saturated heterocycles. The fourth-order valence-corrected chi connectivity index (χ4v) is 0.672. The molecule has 1 rings (SSSR count). The van der Waals surface area contributed by atoms with Crippen molar-refractivity contribution in [3.63, 3.8) is 0 Å². The predicted octanol–water partition coefficient (Wildman–Crippen LogP) is 0.586. The van der Waals surface area contributed by atoms with E-state index >= 15 is 0 Å². The average Bonchev–Trinajstić information content (AvgIpc) is 1.88. The van der Waals surface area contributed by atoms with Crippen LogP contribution >= 0.6 is 0 Å². The number of aromatic carboxylic acids is 1. The van der Waals surface area contributed by atoms with Gasteiger partial charge in [0.1, 0.15) is 0 Å². The monoisotopic (exact) mass is 160 g/mol. The second-order valence-electron chi connectivity index (χ2n) is 1.93. The molecular formula is C7H7NNaO2. The summed E-state index contributed by atoms with van der Waals surface area (Å²) in [6, 6.07) is 6.17. The second-order valence-corrected chi connectivity index (χ2v) is 1.93. The molecule has 0 saturated carbocycles. The van der Waals surface area contributed by atoms with E-state index in [2.05, 4.69) is 0 Å². The minimum absolute atomic E-state index is 0. The second kappa shape index (κ2) is 4.38. The average molecular weight is 160 g/mol. The molecule has 0 aliphatic heterocycles. The Morgan fingerprint density at radius 1 is 1.45 bits per heavy atom. The van der Waals surface area contributed by atoms with Crippen LogP contribution in [0.3, 0.4) is 0 Å². The van der Waals surface area contributed by atoms with Crippen LogP contribution in [0.25, 0.3) is 0 Å². The van der Waals surface area contributed by atoms with E-state index in [1.165, 1.54) is 12.1 Å². The standard InChI is InChI=1S/C7H7NO2.Na/c8-6-3-1-2-5(4-6)7(9)10;/h1-4H,8H2,(H,9,10);. The fourth-order valence-electron chi connectivity index (χ4n) is 0.672. The van der Waals surface area contributed by atoms with Crippen molar-refractivity contribution in [2.24, 2.45) is 0 Å². The number of anilines is 1. The van der Waals surface area contributed by atoms with E-state index < -0.39 is 5.97 Å². The fraction of sp³-hybridized carbons (Fsp3) is 0. The number of benzene rings is 1. The first kappa shape index (κ1) is 10.5. The van der Waals surface area contributed by atoms with Crippen LogP contribution in [0.4, 0.5) is 5.69 Å². The number of carbonyl (C=O) groups is 1. The number of nitrogen functional groups attached to an aromatic ring is 1. The van der Waals surface area contributed by atoms with Crippen LogP contribution in [-0.2, 0) is 0 Å². The molecule has 11 heavy (non-hydrogen) atoms. The van der Waals surface area contributed by atoms with Crippen LogP contribution in [0.1, 0.15) is 10.4 Å². The predicted molar refractivity (Wildman–Crippen MR) is 43.6 cm³/mol. The van der Waals surface area contributed by atoms with E-state index in [9.17, 15) is 4.79 Å². The largest absolute Gasteiger partial charge is 0.478 e. The van der Waals surface area contributed by atoms with Gasteiger partial charge in [-0.1, -0.05) is 6.07 Å². The molecule has 1 radical (unpaired) electrons. The van der Waals surface area contributed by atoms with E-state index in [4.69, 9.17) is 10.8 Å². The Balaban J connectivity index is 0.000001000. The number of hydrogen-bond donors (Lipinski definition) is 2. The van der Waals surface area contributed by atoms with Crippen molar-refractivity contribution < 1.29 is 9.90 Å². The van der Waals surface area contributed by atoms with Crippen LogP contribution in [0.5, 0.6) is 0 Å². The van der Waals surface area contributed by atoms with E-state index in [0.717, 1.165) is 0 Å². The van der Waals surface area contributed by atoms with Crippen molar-refractivity contribution in [2.75, 3.05) is 5.73 Å². The van der Waals surface area contributed by atoms with Crippen molar-refractivity contribution in [1.29, 1.82) is 0 Å². The normalized spacial score (nSPS) is 8.36. The molecule has 0 unspecified atom stereocenters. The minimum atomic E-state index is -0.952. The number of carboxylic acids is 1. The molecule has 1 aromatic carbocycles. The molecule has 0 heterocycles. The zero-order chi connectivity index (χ0) is 7.56. The zero-order valence-corrected chi connectivity index (χ0v) is 8.24. The number of rotatable bonds is 1. The third-order valence-corrected chi connectivity index (χ3v) is 1.13. The maximum absolute atomic E-state index is 10.3. The number of carboxylic acid groups (broad SMARTS) is 1. The Kier molecular flexibility index (Phi) is 4.18. The van der Waals surface area contributed by atoms with Gasteiger partial charge in [-0.15, -0.1) is 0 Å². The molecule has 0 fully saturated rings. The van der Waals surface area contributed by atoms with Crippen molar-refractivity contribution in [1.82, 2.24) is 0 Å². The van der Waals surface area contributed by atoms with Gasteiger partial charge in [0, 0.05) is 35.2 Å². The zero-order valence-electron chi connectivity index (χ0n) is 6.24. The summed E-state index contributed by atoms with van der Waals surface area (Å²) >= 11 is 0. The molecule has 0 amide bonds. The Morgan fingerprint density at radius 2 is 2.09 bits per heavy atom. The molecule has 1 aromatic rings. The Labute approximate surface area is 86.5 Å². The van der Waals surface area contributed by atoms with Crippen molar-refractivity contribution >= 4 is 41.2 Å². The molecule has 4 heteroatoms. The molecule has 53 valence electrons. The maximum Gasteiger partial charge on any atom is 0.335 e. The van der Waals surface area contributed by atoms with Gasteiger partial charge >= 0.3 is 5.97 Å². The smallest absolute Gasteiger partial charge is 0.335 e. The SMILES string of the molecule is Nc1cccc(C(=O)O)c1.[Na]. The third-order valence-electron chi connectivity index (χ3n) is 1.13. The van der Waals surface area contributed by atoms with Gasteiger partial charge in [0.25, 0.3) is 0 Å². The van der Waals surface area contributed by atoms with Gasteiger partial charge in [-0.05, 0) is 18.2 Å². The van der Waals surface area contributed by atoms with Gasteiger partial charge in [-0.25, -0.2) is 4.79 Å². The Hall–Kier alpha value is -0.510. The van der Waals surface area contributed by atoms with Gasteiger partial charge in [-0.3, -0.25) is 0 Å². The number of hydrogen-bond acceptors (Lipinski definition) is 2. The van der Waals surface area contributed by atoms with Gasteiger partial charge in [0.15, 0.2) is 0 Å². The van der Waals surface area contributed by atoms with Gasteiger partial charge < -0.3 is 10.8 Å². The van der Waals surface area contributed by atoms with Gasteiger partial charge in [0.05, 0.1) is 5.56 Å².